The summed E-state index contributed by atoms with van der Waals surface area (Å²) in [6.45, 7) is 4.72. The molecule has 1 atom stereocenters. The normalized spacial score (nSPS) is 20.7. The third kappa shape index (κ3) is 2.82. The van der Waals surface area contributed by atoms with Gasteiger partial charge in [0.15, 0.2) is 0 Å². The monoisotopic (exact) mass is 222 g/mol. The van der Waals surface area contributed by atoms with Crippen LogP contribution in [0.4, 0.5) is 0 Å². The molecule has 5 nitrogen and oxygen atoms in total. The molecule has 1 aromatic heterocycles. The Morgan fingerprint density at radius 1 is 1.69 bits per heavy atom. The number of rotatable bonds is 3. The SMILES string of the molecule is Cc1cc(C(=O)NCC2CCCNC2)n[nH]1. The summed E-state index contributed by atoms with van der Waals surface area (Å²) in [6.07, 6.45) is 2.38. The van der Waals surface area contributed by atoms with Crippen LogP contribution in [-0.4, -0.2) is 35.7 Å². The lowest BCUT2D eigenvalue weighted by Crippen LogP contribution is -2.38. The average molecular weight is 222 g/mol. The minimum Gasteiger partial charge on any atom is -0.350 e. The van der Waals surface area contributed by atoms with Crippen LogP contribution in [0.25, 0.3) is 0 Å². The molecule has 1 unspecified atom stereocenters. The Labute approximate surface area is 95.0 Å². The van der Waals surface area contributed by atoms with E-state index in [-0.39, 0.29) is 5.91 Å². The molecule has 16 heavy (non-hydrogen) atoms. The van der Waals surface area contributed by atoms with Gasteiger partial charge in [0, 0.05) is 12.2 Å². The van der Waals surface area contributed by atoms with E-state index in [1.807, 2.05) is 6.92 Å². The number of nitrogens with one attached hydrogen (secondary N) is 3. The van der Waals surface area contributed by atoms with Gasteiger partial charge in [0.1, 0.15) is 5.69 Å². The van der Waals surface area contributed by atoms with Gasteiger partial charge in [-0.2, -0.15) is 5.10 Å². The van der Waals surface area contributed by atoms with Gasteiger partial charge < -0.3 is 10.6 Å². The van der Waals surface area contributed by atoms with Gasteiger partial charge in [-0.05, 0) is 44.8 Å². The first-order valence-electron chi connectivity index (χ1n) is 5.76. The van der Waals surface area contributed by atoms with Crippen molar-refractivity contribution in [1.82, 2.24) is 20.8 Å². The predicted octanol–water partition coefficient (Wildman–Crippen LogP) is 0.448. The van der Waals surface area contributed by atoms with E-state index >= 15 is 0 Å². The van der Waals surface area contributed by atoms with Crippen LogP contribution in [0, 0.1) is 12.8 Å². The fourth-order valence-corrected chi connectivity index (χ4v) is 1.96. The molecule has 88 valence electrons. The number of aryl methyl sites for hydroxylation is 1. The van der Waals surface area contributed by atoms with Gasteiger partial charge in [-0.1, -0.05) is 0 Å². The Balaban J connectivity index is 1.79. The van der Waals surface area contributed by atoms with Crippen LogP contribution in [0.2, 0.25) is 0 Å². The molecule has 5 heteroatoms. The summed E-state index contributed by atoms with van der Waals surface area (Å²) in [7, 11) is 0. The first-order chi connectivity index (χ1) is 7.75. The highest BCUT2D eigenvalue weighted by Crippen LogP contribution is 2.08. The van der Waals surface area contributed by atoms with E-state index in [1.54, 1.807) is 6.07 Å². The summed E-state index contributed by atoms with van der Waals surface area (Å²) in [5.74, 6) is 0.465. The molecule has 1 aliphatic rings. The molecular weight excluding hydrogens is 204 g/mol. The third-order valence-electron chi connectivity index (χ3n) is 2.89. The number of aromatic amines is 1. The van der Waals surface area contributed by atoms with E-state index in [9.17, 15) is 4.79 Å². The van der Waals surface area contributed by atoms with Gasteiger partial charge in [-0.3, -0.25) is 9.89 Å². The van der Waals surface area contributed by atoms with Crippen LogP contribution in [-0.2, 0) is 0 Å². The molecular formula is C11H18N4O. The predicted molar refractivity (Wildman–Crippen MR) is 61.3 cm³/mol. The quantitative estimate of drug-likeness (QED) is 0.695. The van der Waals surface area contributed by atoms with E-state index in [0.717, 1.165) is 25.3 Å². The van der Waals surface area contributed by atoms with Crippen LogP contribution >= 0.6 is 0 Å². The molecule has 0 aromatic carbocycles. The lowest BCUT2D eigenvalue weighted by molar-refractivity contribution is 0.0940. The minimum absolute atomic E-state index is 0.0880. The van der Waals surface area contributed by atoms with Gasteiger partial charge in [0.25, 0.3) is 5.91 Å². The zero-order valence-corrected chi connectivity index (χ0v) is 9.55. The summed E-state index contributed by atoms with van der Waals surface area (Å²) < 4.78 is 0. The highest BCUT2D eigenvalue weighted by Gasteiger charge is 2.15. The van der Waals surface area contributed by atoms with Crippen molar-refractivity contribution in [2.75, 3.05) is 19.6 Å². The molecule has 1 aliphatic heterocycles. The highest BCUT2D eigenvalue weighted by molar-refractivity contribution is 5.92. The number of carbonyl (C=O) groups is 1. The maximum atomic E-state index is 11.7. The maximum absolute atomic E-state index is 11.7. The fraction of sp³-hybridized carbons (Fsp3) is 0.636. The zero-order valence-electron chi connectivity index (χ0n) is 9.55. The summed E-state index contributed by atoms with van der Waals surface area (Å²) in [4.78, 5) is 11.7. The highest BCUT2D eigenvalue weighted by atomic mass is 16.1. The van der Waals surface area contributed by atoms with Crippen molar-refractivity contribution >= 4 is 5.91 Å². The van der Waals surface area contributed by atoms with Gasteiger partial charge in [-0.15, -0.1) is 0 Å². The smallest absolute Gasteiger partial charge is 0.271 e. The molecule has 1 aromatic rings. The van der Waals surface area contributed by atoms with Crippen LogP contribution in [0.15, 0.2) is 6.07 Å². The number of piperidine rings is 1. The second-order valence-corrected chi connectivity index (χ2v) is 4.36. The van der Waals surface area contributed by atoms with Crippen LogP contribution in [0.3, 0.4) is 0 Å². The van der Waals surface area contributed by atoms with Crippen molar-refractivity contribution in [3.05, 3.63) is 17.5 Å². The lowest BCUT2D eigenvalue weighted by atomic mass is 10.00. The number of hydrogen-bond donors (Lipinski definition) is 3. The van der Waals surface area contributed by atoms with Crippen LogP contribution in [0.5, 0.6) is 0 Å². The molecule has 0 bridgehead atoms. The van der Waals surface area contributed by atoms with Crippen LogP contribution < -0.4 is 10.6 Å². The van der Waals surface area contributed by atoms with E-state index in [0.29, 0.717) is 11.6 Å². The second-order valence-electron chi connectivity index (χ2n) is 4.36. The summed E-state index contributed by atoms with van der Waals surface area (Å²) in [6, 6.07) is 1.76. The van der Waals surface area contributed by atoms with Crippen molar-refractivity contribution in [3.8, 4) is 0 Å². The molecule has 3 N–H and O–H groups in total. The first kappa shape index (κ1) is 11.1. The first-order valence-corrected chi connectivity index (χ1v) is 5.76. The van der Waals surface area contributed by atoms with Crippen molar-refractivity contribution < 1.29 is 4.79 Å². The van der Waals surface area contributed by atoms with Gasteiger partial charge in [0.2, 0.25) is 0 Å². The van der Waals surface area contributed by atoms with Crippen molar-refractivity contribution in [1.29, 1.82) is 0 Å². The summed E-state index contributed by atoms with van der Waals surface area (Å²) >= 11 is 0. The molecule has 1 saturated heterocycles. The zero-order chi connectivity index (χ0) is 11.4. The third-order valence-corrected chi connectivity index (χ3v) is 2.89. The Hall–Kier alpha value is -1.36. The number of aromatic nitrogens is 2. The molecule has 1 amide bonds. The average Bonchev–Trinajstić information content (AvgIpc) is 2.74. The molecule has 0 saturated carbocycles. The maximum Gasteiger partial charge on any atom is 0.271 e. The number of nitrogens with zero attached hydrogens (tertiary/aromatic N) is 1. The second kappa shape index (κ2) is 5.12. The van der Waals surface area contributed by atoms with Gasteiger partial charge in [-0.25, -0.2) is 0 Å². The van der Waals surface area contributed by atoms with Crippen molar-refractivity contribution in [3.63, 3.8) is 0 Å². The standard InChI is InChI=1S/C11H18N4O/c1-8-5-10(15-14-8)11(16)13-7-9-3-2-4-12-6-9/h5,9,12H,2-4,6-7H2,1H3,(H,13,16)(H,14,15). The number of H-pyrrole nitrogens is 1. The minimum atomic E-state index is -0.0880. The molecule has 1 fully saturated rings. The Bertz CT molecular complexity index is 355. The molecule has 2 rings (SSSR count). The summed E-state index contributed by atoms with van der Waals surface area (Å²) in [5.41, 5.74) is 1.38. The number of carbonyl (C=O) groups excluding carboxylic acids is 1. The topological polar surface area (TPSA) is 69.8 Å². The van der Waals surface area contributed by atoms with E-state index < -0.39 is 0 Å². The number of hydrogen-bond acceptors (Lipinski definition) is 3. The van der Waals surface area contributed by atoms with Crippen LogP contribution in [0.1, 0.15) is 29.0 Å². The Morgan fingerprint density at radius 3 is 3.19 bits per heavy atom. The molecule has 0 aliphatic carbocycles. The van der Waals surface area contributed by atoms with E-state index in [1.165, 1.54) is 12.8 Å². The molecule has 2 heterocycles. The van der Waals surface area contributed by atoms with E-state index in [4.69, 9.17) is 0 Å². The Morgan fingerprint density at radius 2 is 2.56 bits per heavy atom. The van der Waals surface area contributed by atoms with Gasteiger partial charge >= 0.3 is 0 Å². The lowest BCUT2D eigenvalue weighted by Gasteiger charge is -2.22. The molecule has 0 spiro atoms. The van der Waals surface area contributed by atoms with Crippen molar-refractivity contribution in [2.24, 2.45) is 5.92 Å². The van der Waals surface area contributed by atoms with Crippen molar-refractivity contribution in [2.45, 2.75) is 19.8 Å². The summed E-state index contributed by atoms with van der Waals surface area (Å²) in [5, 5.41) is 12.9. The largest absolute Gasteiger partial charge is 0.350 e. The number of amides is 1. The molecule has 0 radical (unpaired) electrons. The Kier molecular flexibility index (Phi) is 3.56. The van der Waals surface area contributed by atoms with E-state index in [2.05, 4.69) is 20.8 Å². The van der Waals surface area contributed by atoms with Gasteiger partial charge in [0.05, 0.1) is 0 Å². The fourth-order valence-electron chi connectivity index (χ4n) is 1.96.